The summed E-state index contributed by atoms with van der Waals surface area (Å²) >= 11 is 0. The highest BCUT2D eigenvalue weighted by Crippen LogP contribution is 2.32. The van der Waals surface area contributed by atoms with E-state index < -0.39 is 23.6 Å². The number of rotatable bonds is 6. The predicted molar refractivity (Wildman–Crippen MR) is 119 cm³/mol. The Morgan fingerprint density at radius 2 is 1.76 bits per heavy atom. The number of aromatic nitrogens is 1. The molecule has 0 aliphatic carbocycles. The van der Waals surface area contributed by atoms with Crippen molar-refractivity contribution in [1.29, 1.82) is 0 Å². The Balaban J connectivity index is 1.40. The van der Waals surface area contributed by atoms with Crippen LogP contribution in [0.5, 0.6) is 0 Å². The molecule has 33 heavy (non-hydrogen) atoms. The monoisotopic (exact) mass is 450 g/mol. The molecule has 170 valence electrons. The molecule has 3 N–H and O–H groups in total. The Morgan fingerprint density at radius 1 is 1.06 bits per heavy atom. The van der Waals surface area contributed by atoms with Crippen LogP contribution in [0.25, 0.3) is 0 Å². The minimum absolute atomic E-state index is 0.0839. The van der Waals surface area contributed by atoms with Crippen molar-refractivity contribution >= 4 is 11.8 Å². The lowest BCUT2D eigenvalue weighted by atomic mass is 9.89. The molecule has 1 aromatic heterocycles. The summed E-state index contributed by atoms with van der Waals surface area (Å²) in [6, 6.07) is 15.3. The van der Waals surface area contributed by atoms with E-state index in [0.717, 1.165) is 35.0 Å². The zero-order valence-electron chi connectivity index (χ0n) is 18.0. The first kappa shape index (κ1) is 22.5. The molecule has 0 bridgehead atoms. The fourth-order valence-electron chi connectivity index (χ4n) is 4.04. The van der Waals surface area contributed by atoms with Crippen molar-refractivity contribution in [3.8, 4) is 0 Å². The van der Waals surface area contributed by atoms with Crippen molar-refractivity contribution in [3.63, 3.8) is 0 Å². The summed E-state index contributed by atoms with van der Waals surface area (Å²) in [5, 5.41) is 9.00. The predicted octanol–water partition coefficient (Wildman–Crippen LogP) is 2.96. The van der Waals surface area contributed by atoms with Crippen LogP contribution in [0, 0.1) is 11.6 Å². The third kappa shape index (κ3) is 5.40. The fraction of sp³-hybridized carbons (Fsp3) is 0.240. The molecule has 2 aromatic carbocycles. The van der Waals surface area contributed by atoms with Crippen LogP contribution >= 0.6 is 0 Å². The number of benzene rings is 2. The number of carbonyl (C=O) groups is 2. The second-order valence-corrected chi connectivity index (χ2v) is 8.03. The smallest absolute Gasteiger partial charge is 0.242 e. The van der Waals surface area contributed by atoms with E-state index in [2.05, 4.69) is 20.9 Å². The number of nitrogens with one attached hydrogen (secondary N) is 3. The Labute approximate surface area is 190 Å². The molecule has 6 nitrogen and oxygen atoms in total. The Hall–Kier alpha value is -3.65. The number of hydrogen-bond acceptors (Lipinski definition) is 4. The summed E-state index contributed by atoms with van der Waals surface area (Å²) in [4.78, 5) is 29.5. The first-order chi connectivity index (χ1) is 15.9. The summed E-state index contributed by atoms with van der Waals surface area (Å²) in [5.74, 6) is -2.36. The van der Waals surface area contributed by atoms with Gasteiger partial charge in [0.25, 0.3) is 0 Å². The van der Waals surface area contributed by atoms with E-state index >= 15 is 0 Å². The van der Waals surface area contributed by atoms with Gasteiger partial charge in [0.1, 0.15) is 17.7 Å². The maximum absolute atomic E-state index is 13.3. The van der Waals surface area contributed by atoms with E-state index in [1.807, 2.05) is 42.5 Å². The van der Waals surface area contributed by atoms with E-state index in [-0.39, 0.29) is 30.0 Å². The normalized spacial score (nSPS) is 18.2. The zero-order valence-corrected chi connectivity index (χ0v) is 18.0. The van der Waals surface area contributed by atoms with Crippen molar-refractivity contribution in [3.05, 3.63) is 101 Å². The Kier molecular flexibility index (Phi) is 6.74. The quantitative estimate of drug-likeness (QED) is 0.539. The van der Waals surface area contributed by atoms with Crippen molar-refractivity contribution in [1.82, 2.24) is 20.9 Å². The number of hydrogen-bond donors (Lipinski definition) is 3. The van der Waals surface area contributed by atoms with Gasteiger partial charge >= 0.3 is 0 Å². The molecule has 3 aromatic rings. The van der Waals surface area contributed by atoms with Gasteiger partial charge in [-0.15, -0.1) is 0 Å². The molecule has 1 aliphatic rings. The maximum atomic E-state index is 13.3. The number of amides is 2. The van der Waals surface area contributed by atoms with Gasteiger partial charge in [-0.2, -0.15) is 0 Å². The van der Waals surface area contributed by atoms with Gasteiger partial charge in [0, 0.05) is 18.8 Å². The highest BCUT2D eigenvalue weighted by molar-refractivity contribution is 5.88. The number of carbonyl (C=O) groups excluding carboxylic acids is 2. The molecule has 0 spiro atoms. The van der Waals surface area contributed by atoms with Gasteiger partial charge in [0.2, 0.25) is 11.8 Å². The molecule has 4 rings (SSSR count). The standard InChI is InChI=1S/C25H24F2N4O2/c1-15(30-23(32)12-16-10-17(26)13-18(27)11-16)25(33)31-22-14-29-24(21-8-4-5-9-28-21)20-7-3-2-6-19(20)22/h2-11,13,15,22,24,29H,12,14H2,1H3,(H,30,32)(H,31,33)/t15-,22?,24?/m0/s1. The minimum Gasteiger partial charge on any atom is -0.346 e. The van der Waals surface area contributed by atoms with Crippen LogP contribution in [-0.4, -0.2) is 29.4 Å². The van der Waals surface area contributed by atoms with E-state index in [9.17, 15) is 18.4 Å². The SMILES string of the molecule is C[C@H](NC(=O)Cc1cc(F)cc(F)c1)C(=O)NC1CNC(c2ccccn2)c2ccccc21. The van der Waals surface area contributed by atoms with E-state index in [1.54, 1.807) is 13.1 Å². The van der Waals surface area contributed by atoms with Crippen molar-refractivity contribution < 1.29 is 18.4 Å². The number of fused-ring (bicyclic) bond motifs is 1. The molecule has 8 heteroatoms. The lowest BCUT2D eigenvalue weighted by Gasteiger charge is -2.33. The van der Waals surface area contributed by atoms with Crippen LogP contribution < -0.4 is 16.0 Å². The highest BCUT2D eigenvalue weighted by Gasteiger charge is 2.30. The lowest BCUT2D eigenvalue weighted by Crippen LogP contribution is -2.49. The Morgan fingerprint density at radius 3 is 2.45 bits per heavy atom. The zero-order chi connectivity index (χ0) is 23.4. The van der Waals surface area contributed by atoms with Crippen LogP contribution in [0.1, 0.15) is 41.4 Å². The lowest BCUT2D eigenvalue weighted by molar-refractivity contribution is -0.128. The molecule has 0 saturated heterocycles. The van der Waals surface area contributed by atoms with Crippen molar-refractivity contribution in [2.75, 3.05) is 6.54 Å². The van der Waals surface area contributed by atoms with E-state index in [0.29, 0.717) is 6.54 Å². The summed E-state index contributed by atoms with van der Waals surface area (Å²) in [5.41, 5.74) is 3.10. The second-order valence-electron chi connectivity index (χ2n) is 8.03. The van der Waals surface area contributed by atoms with Gasteiger partial charge in [0.05, 0.1) is 24.2 Å². The first-order valence-corrected chi connectivity index (χ1v) is 10.7. The van der Waals surface area contributed by atoms with Crippen LogP contribution in [0.4, 0.5) is 8.78 Å². The number of halogens is 2. The molecule has 2 unspecified atom stereocenters. The molecule has 2 amide bonds. The average Bonchev–Trinajstić information content (AvgIpc) is 2.79. The van der Waals surface area contributed by atoms with Crippen LogP contribution in [0.15, 0.2) is 66.9 Å². The first-order valence-electron chi connectivity index (χ1n) is 10.7. The van der Waals surface area contributed by atoms with Gasteiger partial charge in [-0.05, 0) is 47.9 Å². The summed E-state index contributed by atoms with van der Waals surface area (Å²) in [6.45, 7) is 2.06. The minimum atomic E-state index is -0.823. The molecule has 0 fully saturated rings. The fourth-order valence-corrected chi connectivity index (χ4v) is 4.04. The summed E-state index contributed by atoms with van der Waals surface area (Å²) in [6.07, 6.45) is 1.52. The third-order valence-corrected chi connectivity index (χ3v) is 5.57. The maximum Gasteiger partial charge on any atom is 0.242 e. The molecule has 3 atom stereocenters. The highest BCUT2D eigenvalue weighted by atomic mass is 19.1. The second kappa shape index (κ2) is 9.87. The van der Waals surface area contributed by atoms with Crippen molar-refractivity contribution in [2.45, 2.75) is 31.5 Å². The molecule has 2 heterocycles. The average molecular weight is 450 g/mol. The molecular formula is C25H24F2N4O2. The topological polar surface area (TPSA) is 83.1 Å². The van der Waals surface area contributed by atoms with Gasteiger partial charge in [0.15, 0.2) is 0 Å². The molecule has 1 aliphatic heterocycles. The van der Waals surface area contributed by atoms with Crippen LogP contribution in [-0.2, 0) is 16.0 Å². The summed E-state index contributed by atoms with van der Waals surface area (Å²) in [7, 11) is 0. The van der Waals surface area contributed by atoms with E-state index in [1.165, 1.54) is 0 Å². The third-order valence-electron chi connectivity index (χ3n) is 5.57. The van der Waals surface area contributed by atoms with Gasteiger partial charge in [-0.25, -0.2) is 8.78 Å². The van der Waals surface area contributed by atoms with Gasteiger partial charge in [-0.3, -0.25) is 14.6 Å². The van der Waals surface area contributed by atoms with E-state index in [4.69, 9.17) is 0 Å². The Bertz CT molecular complexity index is 1140. The van der Waals surface area contributed by atoms with Crippen LogP contribution in [0.2, 0.25) is 0 Å². The van der Waals surface area contributed by atoms with Crippen LogP contribution in [0.3, 0.4) is 0 Å². The molecule has 0 saturated carbocycles. The van der Waals surface area contributed by atoms with Crippen molar-refractivity contribution in [2.24, 2.45) is 0 Å². The van der Waals surface area contributed by atoms with Gasteiger partial charge < -0.3 is 16.0 Å². The largest absolute Gasteiger partial charge is 0.346 e. The number of nitrogens with zero attached hydrogens (tertiary/aromatic N) is 1. The number of pyridine rings is 1. The summed E-state index contributed by atoms with van der Waals surface area (Å²) < 4.78 is 26.7. The molecular weight excluding hydrogens is 426 g/mol. The molecule has 0 radical (unpaired) electrons. The van der Waals surface area contributed by atoms with Gasteiger partial charge in [-0.1, -0.05) is 30.3 Å².